The molecule has 1 amide bonds. The number of nitrogens with zero attached hydrogens (tertiary/aromatic N) is 4. The van der Waals surface area contributed by atoms with Crippen molar-refractivity contribution in [2.75, 3.05) is 6.54 Å². The first-order valence-corrected chi connectivity index (χ1v) is 5.94. The third kappa shape index (κ3) is 3.87. The van der Waals surface area contributed by atoms with Crippen LogP contribution in [-0.4, -0.2) is 43.5 Å². The molecule has 0 radical (unpaired) electrons. The van der Waals surface area contributed by atoms with E-state index in [4.69, 9.17) is 5.11 Å². The Kier molecular flexibility index (Phi) is 4.38. The molecule has 0 atom stereocenters. The largest absolute Gasteiger partial charge is 0.476 e. The normalized spacial score (nSPS) is 10.2. The first-order chi connectivity index (χ1) is 9.65. The van der Waals surface area contributed by atoms with E-state index in [0.717, 1.165) is 5.56 Å². The summed E-state index contributed by atoms with van der Waals surface area (Å²) in [4.78, 5) is 26.1. The Labute approximate surface area is 114 Å². The molecular weight excluding hydrogens is 262 g/mol. The van der Waals surface area contributed by atoms with Gasteiger partial charge in [-0.05, 0) is 17.7 Å². The Morgan fingerprint density at radius 1 is 1.30 bits per heavy atom. The third-order valence-electron chi connectivity index (χ3n) is 2.53. The van der Waals surface area contributed by atoms with Gasteiger partial charge in [0, 0.05) is 18.9 Å². The quantitative estimate of drug-likeness (QED) is 0.751. The topological polar surface area (TPSA) is 110 Å². The number of nitrogens with one attached hydrogen (secondary N) is 1. The molecule has 8 heteroatoms. The van der Waals surface area contributed by atoms with Crippen LogP contribution in [0.3, 0.4) is 0 Å². The molecule has 2 rings (SSSR count). The minimum absolute atomic E-state index is 0.116. The van der Waals surface area contributed by atoms with Gasteiger partial charge in [0.05, 0.1) is 19.2 Å². The summed E-state index contributed by atoms with van der Waals surface area (Å²) < 4.78 is 1.37. The van der Waals surface area contributed by atoms with Crippen LogP contribution in [0.15, 0.2) is 30.7 Å². The van der Waals surface area contributed by atoms with E-state index >= 15 is 0 Å². The van der Waals surface area contributed by atoms with E-state index < -0.39 is 5.97 Å². The highest BCUT2D eigenvalue weighted by Gasteiger charge is 2.08. The third-order valence-corrected chi connectivity index (χ3v) is 2.53. The van der Waals surface area contributed by atoms with Crippen LogP contribution in [0.25, 0.3) is 0 Å². The molecule has 0 bridgehead atoms. The Hall–Kier alpha value is -2.77. The summed E-state index contributed by atoms with van der Waals surface area (Å²) in [5, 5.41) is 18.5. The summed E-state index contributed by atoms with van der Waals surface area (Å²) in [6, 6.07) is 3.55. The second kappa shape index (κ2) is 6.41. The lowest BCUT2D eigenvalue weighted by atomic mass is 10.2. The molecular formula is C12H13N5O3. The molecule has 20 heavy (non-hydrogen) atoms. The van der Waals surface area contributed by atoms with Crippen LogP contribution in [0.5, 0.6) is 0 Å². The van der Waals surface area contributed by atoms with Crippen molar-refractivity contribution in [3.8, 4) is 0 Å². The van der Waals surface area contributed by atoms with Crippen molar-refractivity contribution in [3.05, 3.63) is 42.0 Å². The number of pyridine rings is 1. The number of rotatable bonds is 6. The maximum Gasteiger partial charge on any atom is 0.358 e. The Morgan fingerprint density at radius 2 is 2.05 bits per heavy atom. The predicted molar refractivity (Wildman–Crippen MR) is 67.9 cm³/mol. The zero-order valence-electron chi connectivity index (χ0n) is 10.6. The Bertz CT molecular complexity index is 596. The van der Waals surface area contributed by atoms with Crippen molar-refractivity contribution in [3.63, 3.8) is 0 Å². The van der Waals surface area contributed by atoms with Crippen molar-refractivity contribution in [1.29, 1.82) is 0 Å². The van der Waals surface area contributed by atoms with Gasteiger partial charge in [-0.15, -0.1) is 5.10 Å². The van der Waals surface area contributed by atoms with Gasteiger partial charge in [-0.2, -0.15) is 0 Å². The molecule has 104 valence electrons. The monoisotopic (exact) mass is 275 g/mol. The fourth-order valence-corrected chi connectivity index (χ4v) is 1.56. The number of hydrogen-bond donors (Lipinski definition) is 2. The number of aromatic carboxylic acids is 1. The molecule has 8 nitrogen and oxygen atoms in total. The molecule has 2 heterocycles. The van der Waals surface area contributed by atoms with Crippen LogP contribution in [0.4, 0.5) is 0 Å². The van der Waals surface area contributed by atoms with E-state index in [-0.39, 0.29) is 18.0 Å². The van der Waals surface area contributed by atoms with Crippen LogP contribution in [0.1, 0.15) is 16.1 Å². The number of carbonyl (C=O) groups excluding carboxylic acids is 1. The van der Waals surface area contributed by atoms with Gasteiger partial charge in [-0.3, -0.25) is 9.78 Å². The van der Waals surface area contributed by atoms with Gasteiger partial charge in [0.25, 0.3) is 0 Å². The first kappa shape index (κ1) is 13.7. The standard InChI is InChI=1S/C12H13N5O3/c18-11(7-9-1-3-13-4-2-9)14-5-6-17-8-10(12(19)20)15-16-17/h1-4,8H,5-7H2,(H,14,18)(H,19,20). The molecule has 2 aromatic rings. The summed E-state index contributed by atoms with van der Waals surface area (Å²) in [5.74, 6) is -1.24. The SMILES string of the molecule is O=C(Cc1ccncc1)NCCn1cc(C(=O)O)nn1. The molecule has 0 saturated carbocycles. The predicted octanol–water partition coefficient (Wildman–Crippen LogP) is -0.270. The summed E-state index contributed by atoms with van der Waals surface area (Å²) in [6.07, 6.45) is 4.86. The maximum atomic E-state index is 11.6. The second-order valence-electron chi connectivity index (χ2n) is 4.05. The van der Waals surface area contributed by atoms with Crippen molar-refractivity contribution >= 4 is 11.9 Å². The highest BCUT2D eigenvalue weighted by molar-refractivity contribution is 5.84. The molecule has 0 fully saturated rings. The van der Waals surface area contributed by atoms with Gasteiger partial charge < -0.3 is 10.4 Å². The van der Waals surface area contributed by atoms with E-state index in [9.17, 15) is 9.59 Å². The van der Waals surface area contributed by atoms with Gasteiger partial charge in [-0.1, -0.05) is 5.21 Å². The fraction of sp³-hybridized carbons (Fsp3) is 0.250. The lowest BCUT2D eigenvalue weighted by molar-refractivity contribution is -0.120. The highest BCUT2D eigenvalue weighted by Crippen LogP contribution is 1.97. The molecule has 0 aliphatic carbocycles. The number of carboxylic acids is 1. The molecule has 0 spiro atoms. The molecule has 0 saturated heterocycles. The Morgan fingerprint density at radius 3 is 2.70 bits per heavy atom. The van der Waals surface area contributed by atoms with Crippen molar-refractivity contribution in [2.24, 2.45) is 0 Å². The number of carbonyl (C=O) groups is 2. The van der Waals surface area contributed by atoms with Gasteiger partial charge in [0.15, 0.2) is 5.69 Å². The molecule has 2 N–H and O–H groups in total. The highest BCUT2D eigenvalue weighted by atomic mass is 16.4. The summed E-state index contributed by atoms with van der Waals surface area (Å²) in [6.45, 7) is 0.717. The molecule has 0 aliphatic heterocycles. The van der Waals surface area contributed by atoms with Crippen LogP contribution in [0.2, 0.25) is 0 Å². The van der Waals surface area contributed by atoms with E-state index in [2.05, 4.69) is 20.6 Å². The number of carboxylic acid groups (broad SMARTS) is 1. The Balaban J connectivity index is 1.75. The molecule has 0 aromatic carbocycles. The minimum atomic E-state index is -1.13. The second-order valence-corrected chi connectivity index (χ2v) is 4.05. The van der Waals surface area contributed by atoms with Crippen LogP contribution in [-0.2, 0) is 17.8 Å². The van der Waals surface area contributed by atoms with E-state index in [1.165, 1.54) is 10.9 Å². The zero-order valence-corrected chi connectivity index (χ0v) is 10.6. The van der Waals surface area contributed by atoms with E-state index in [0.29, 0.717) is 13.1 Å². The van der Waals surface area contributed by atoms with Crippen molar-refractivity contribution < 1.29 is 14.7 Å². The molecule has 0 aliphatic rings. The number of aromatic nitrogens is 4. The van der Waals surface area contributed by atoms with Gasteiger partial charge in [0.2, 0.25) is 5.91 Å². The maximum absolute atomic E-state index is 11.6. The van der Waals surface area contributed by atoms with E-state index in [1.807, 2.05) is 0 Å². The number of amides is 1. The van der Waals surface area contributed by atoms with Gasteiger partial charge in [-0.25, -0.2) is 9.48 Å². The van der Waals surface area contributed by atoms with Gasteiger partial charge >= 0.3 is 5.97 Å². The zero-order chi connectivity index (χ0) is 14.4. The van der Waals surface area contributed by atoms with Crippen LogP contribution < -0.4 is 5.32 Å². The lowest BCUT2D eigenvalue weighted by Gasteiger charge is -2.04. The number of hydrogen-bond acceptors (Lipinski definition) is 5. The first-order valence-electron chi connectivity index (χ1n) is 5.94. The fourth-order valence-electron chi connectivity index (χ4n) is 1.56. The minimum Gasteiger partial charge on any atom is -0.476 e. The van der Waals surface area contributed by atoms with Crippen molar-refractivity contribution in [1.82, 2.24) is 25.3 Å². The van der Waals surface area contributed by atoms with Gasteiger partial charge in [0.1, 0.15) is 0 Å². The average molecular weight is 275 g/mol. The summed E-state index contributed by atoms with van der Waals surface area (Å²) >= 11 is 0. The van der Waals surface area contributed by atoms with Crippen molar-refractivity contribution in [2.45, 2.75) is 13.0 Å². The lowest BCUT2D eigenvalue weighted by Crippen LogP contribution is -2.28. The summed E-state index contributed by atoms with van der Waals surface area (Å²) in [5.41, 5.74) is 0.763. The molecule has 0 unspecified atom stereocenters. The molecule has 2 aromatic heterocycles. The van der Waals surface area contributed by atoms with Crippen LogP contribution in [0, 0.1) is 0 Å². The average Bonchev–Trinajstić information content (AvgIpc) is 2.89. The van der Waals surface area contributed by atoms with Crippen LogP contribution >= 0.6 is 0 Å². The summed E-state index contributed by atoms with van der Waals surface area (Å²) in [7, 11) is 0. The van der Waals surface area contributed by atoms with E-state index in [1.54, 1.807) is 24.5 Å². The smallest absolute Gasteiger partial charge is 0.358 e.